The van der Waals surface area contributed by atoms with Crippen LogP contribution in [0.25, 0.3) is 0 Å². The minimum Gasteiger partial charge on any atom is -0.346 e. The monoisotopic (exact) mass is 249 g/mol. The number of aromatic amines is 1. The molecule has 6 nitrogen and oxygen atoms in total. The number of rotatable bonds is 5. The molecule has 2 aliphatic rings. The number of carbonyl (C=O) groups excluding carboxylic acids is 1. The van der Waals surface area contributed by atoms with Gasteiger partial charge in [-0.3, -0.25) is 4.79 Å². The molecule has 1 aromatic rings. The molecule has 1 heterocycles. The van der Waals surface area contributed by atoms with Gasteiger partial charge in [0.05, 0.1) is 6.04 Å². The van der Waals surface area contributed by atoms with Crippen molar-refractivity contribution in [3.63, 3.8) is 0 Å². The van der Waals surface area contributed by atoms with Crippen molar-refractivity contribution in [1.82, 2.24) is 25.9 Å². The summed E-state index contributed by atoms with van der Waals surface area (Å²) in [5.41, 5.74) is 0. The van der Waals surface area contributed by atoms with Gasteiger partial charge in [0, 0.05) is 5.92 Å². The summed E-state index contributed by atoms with van der Waals surface area (Å²) in [6, 6.07) is -0.0948. The molecule has 98 valence electrons. The Balaban J connectivity index is 1.61. The van der Waals surface area contributed by atoms with Crippen LogP contribution in [0.1, 0.15) is 50.9 Å². The smallest absolute Gasteiger partial charge is 0.224 e. The Labute approximate surface area is 106 Å². The van der Waals surface area contributed by atoms with Crippen LogP contribution in [0.4, 0.5) is 0 Å². The first-order valence-corrected chi connectivity index (χ1v) is 6.85. The lowest BCUT2D eigenvalue weighted by Gasteiger charge is -2.15. The Morgan fingerprint density at radius 2 is 2.28 bits per heavy atom. The molecule has 3 rings (SSSR count). The summed E-state index contributed by atoms with van der Waals surface area (Å²) in [6.07, 6.45) is 5.58. The number of hydrogen-bond donors (Lipinski definition) is 2. The zero-order chi connectivity index (χ0) is 12.5. The molecular formula is C12H19N5O. The summed E-state index contributed by atoms with van der Waals surface area (Å²) in [7, 11) is 0. The van der Waals surface area contributed by atoms with Crippen LogP contribution < -0.4 is 5.32 Å². The van der Waals surface area contributed by atoms with Gasteiger partial charge < -0.3 is 5.32 Å². The third kappa shape index (κ3) is 2.00. The average molecular weight is 249 g/mol. The van der Waals surface area contributed by atoms with Gasteiger partial charge in [-0.25, -0.2) is 0 Å². The summed E-state index contributed by atoms with van der Waals surface area (Å²) in [6.45, 7) is 2.09. The molecule has 0 aromatic carbocycles. The minimum atomic E-state index is -0.0948. The molecule has 3 unspecified atom stereocenters. The summed E-state index contributed by atoms with van der Waals surface area (Å²) < 4.78 is 0. The normalized spacial score (nSPS) is 30.8. The highest BCUT2D eigenvalue weighted by atomic mass is 16.2. The molecule has 18 heavy (non-hydrogen) atoms. The molecule has 2 aliphatic carbocycles. The maximum atomic E-state index is 12.2. The second-order valence-electron chi connectivity index (χ2n) is 5.40. The molecule has 3 atom stereocenters. The van der Waals surface area contributed by atoms with Crippen molar-refractivity contribution in [2.24, 2.45) is 17.8 Å². The van der Waals surface area contributed by atoms with Crippen molar-refractivity contribution in [3.05, 3.63) is 5.82 Å². The number of amides is 1. The van der Waals surface area contributed by atoms with Crippen LogP contribution >= 0.6 is 0 Å². The maximum absolute atomic E-state index is 12.2. The van der Waals surface area contributed by atoms with Gasteiger partial charge in [0.15, 0.2) is 5.82 Å². The predicted octanol–water partition coefficient (Wildman–Crippen LogP) is 1.20. The average Bonchev–Trinajstić information content (AvgIpc) is 2.81. The first kappa shape index (κ1) is 11.6. The third-order valence-corrected chi connectivity index (χ3v) is 4.28. The molecule has 0 radical (unpaired) electrons. The van der Waals surface area contributed by atoms with Gasteiger partial charge in [-0.2, -0.15) is 5.21 Å². The molecule has 1 amide bonds. The van der Waals surface area contributed by atoms with E-state index < -0.39 is 0 Å². The number of carbonyl (C=O) groups is 1. The molecule has 6 heteroatoms. The number of nitrogens with zero attached hydrogens (tertiary/aromatic N) is 3. The molecule has 2 saturated carbocycles. The standard InChI is InChI=1S/C12H19N5O/c1-2-4-9(11-14-16-17-15-11)13-12(18)10-7-5-3-6-8(7)10/h7-10H,2-6H2,1H3,(H,13,18)(H,14,15,16,17). The lowest BCUT2D eigenvalue weighted by Crippen LogP contribution is -2.31. The fourth-order valence-corrected chi connectivity index (χ4v) is 3.35. The van der Waals surface area contributed by atoms with E-state index in [1.807, 2.05) is 0 Å². The Morgan fingerprint density at radius 3 is 2.89 bits per heavy atom. The van der Waals surface area contributed by atoms with Gasteiger partial charge in [-0.1, -0.05) is 25.0 Å². The Bertz CT molecular complexity index is 408. The van der Waals surface area contributed by atoms with E-state index in [9.17, 15) is 4.79 Å². The highest BCUT2D eigenvalue weighted by molar-refractivity contribution is 5.82. The molecule has 0 bridgehead atoms. The second-order valence-corrected chi connectivity index (χ2v) is 5.40. The molecule has 2 N–H and O–H groups in total. The molecule has 0 spiro atoms. The summed E-state index contributed by atoms with van der Waals surface area (Å²) >= 11 is 0. The van der Waals surface area contributed by atoms with E-state index in [0.29, 0.717) is 17.7 Å². The fourth-order valence-electron chi connectivity index (χ4n) is 3.35. The SMILES string of the molecule is CCCC(NC(=O)C1C2CCCC21)c1nn[nH]n1. The number of aromatic nitrogens is 4. The Kier molecular flexibility index (Phi) is 3.01. The van der Waals surface area contributed by atoms with Gasteiger partial charge in [-0.05, 0) is 31.1 Å². The fraction of sp³-hybridized carbons (Fsp3) is 0.833. The van der Waals surface area contributed by atoms with E-state index in [1.165, 1.54) is 19.3 Å². The van der Waals surface area contributed by atoms with Crippen molar-refractivity contribution in [1.29, 1.82) is 0 Å². The quantitative estimate of drug-likeness (QED) is 0.821. The van der Waals surface area contributed by atoms with E-state index in [-0.39, 0.29) is 17.9 Å². The van der Waals surface area contributed by atoms with Crippen LogP contribution in [0.5, 0.6) is 0 Å². The van der Waals surface area contributed by atoms with E-state index >= 15 is 0 Å². The molecule has 2 fully saturated rings. The van der Waals surface area contributed by atoms with Crippen LogP contribution in [0, 0.1) is 17.8 Å². The van der Waals surface area contributed by atoms with Gasteiger partial charge in [0.2, 0.25) is 5.91 Å². The highest BCUT2D eigenvalue weighted by Gasteiger charge is 2.56. The van der Waals surface area contributed by atoms with Gasteiger partial charge >= 0.3 is 0 Å². The molecule has 0 saturated heterocycles. The van der Waals surface area contributed by atoms with Gasteiger partial charge in [0.1, 0.15) is 0 Å². The van der Waals surface area contributed by atoms with Crippen LogP contribution in [0.2, 0.25) is 0 Å². The zero-order valence-electron chi connectivity index (χ0n) is 10.6. The van der Waals surface area contributed by atoms with Gasteiger partial charge in [0.25, 0.3) is 0 Å². The maximum Gasteiger partial charge on any atom is 0.224 e. The highest BCUT2D eigenvalue weighted by Crippen LogP contribution is 2.57. The van der Waals surface area contributed by atoms with Crippen LogP contribution in [-0.4, -0.2) is 26.5 Å². The topological polar surface area (TPSA) is 83.6 Å². The van der Waals surface area contributed by atoms with Crippen molar-refractivity contribution in [2.45, 2.75) is 45.1 Å². The van der Waals surface area contributed by atoms with Crippen molar-refractivity contribution in [3.8, 4) is 0 Å². The number of tetrazole rings is 1. The number of fused-ring (bicyclic) bond motifs is 1. The minimum absolute atomic E-state index is 0.0948. The second kappa shape index (κ2) is 4.66. The van der Waals surface area contributed by atoms with Crippen molar-refractivity contribution in [2.75, 3.05) is 0 Å². The number of hydrogen-bond acceptors (Lipinski definition) is 4. The first-order valence-electron chi connectivity index (χ1n) is 6.85. The summed E-state index contributed by atoms with van der Waals surface area (Å²) in [5.74, 6) is 2.34. The number of H-pyrrole nitrogens is 1. The lowest BCUT2D eigenvalue weighted by molar-refractivity contribution is -0.124. The van der Waals surface area contributed by atoms with E-state index in [0.717, 1.165) is 12.8 Å². The number of nitrogens with one attached hydrogen (secondary N) is 2. The summed E-state index contributed by atoms with van der Waals surface area (Å²) in [5, 5.41) is 17.1. The lowest BCUT2D eigenvalue weighted by atomic mass is 10.1. The summed E-state index contributed by atoms with van der Waals surface area (Å²) in [4.78, 5) is 12.2. The van der Waals surface area contributed by atoms with E-state index in [2.05, 4.69) is 32.9 Å². The van der Waals surface area contributed by atoms with Crippen LogP contribution in [0.3, 0.4) is 0 Å². The zero-order valence-corrected chi connectivity index (χ0v) is 10.6. The molecule has 1 aromatic heterocycles. The van der Waals surface area contributed by atoms with Crippen molar-refractivity contribution < 1.29 is 4.79 Å². The molecule has 0 aliphatic heterocycles. The van der Waals surface area contributed by atoms with E-state index in [4.69, 9.17) is 0 Å². The Morgan fingerprint density at radius 1 is 1.50 bits per heavy atom. The van der Waals surface area contributed by atoms with Crippen LogP contribution in [-0.2, 0) is 4.79 Å². The van der Waals surface area contributed by atoms with E-state index in [1.54, 1.807) is 0 Å². The molecular weight excluding hydrogens is 230 g/mol. The Hall–Kier alpha value is -1.46. The first-order chi connectivity index (χ1) is 8.81. The van der Waals surface area contributed by atoms with Crippen LogP contribution in [0.15, 0.2) is 0 Å². The third-order valence-electron chi connectivity index (χ3n) is 4.28. The largest absolute Gasteiger partial charge is 0.346 e. The van der Waals surface area contributed by atoms with Gasteiger partial charge in [-0.15, -0.1) is 10.2 Å². The van der Waals surface area contributed by atoms with Crippen molar-refractivity contribution >= 4 is 5.91 Å². The predicted molar refractivity (Wildman–Crippen MR) is 64.3 cm³/mol.